The van der Waals surface area contributed by atoms with E-state index < -0.39 is 0 Å². The van der Waals surface area contributed by atoms with Gasteiger partial charge in [-0.3, -0.25) is 0 Å². The van der Waals surface area contributed by atoms with Crippen LogP contribution in [0.3, 0.4) is 0 Å². The number of hydrogen-bond donors (Lipinski definition) is 1. The summed E-state index contributed by atoms with van der Waals surface area (Å²) in [7, 11) is 0. The van der Waals surface area contributed by atoms with Gasteiger partial charge < -0.3 is 14.8 Å². The summed E-state index contributed by atoms with van der Waals surface area (Å²) in [5.74, 6) is 0.979. The molecular weight excluding hydrogens is 330 g/mol. The number of rotatable bonds is 5. The monoisotopic (exact) mass is 353 g/mol. The molecule has 2 aliphatic rings. The largest absolute Gasteiger partial charge is 0.490 e. The van der Waals surface area contributed by atoms with Crippen molar-refractivity contribution in [3.63, 3.8) is 0 Å². The Bertz CT molecular complexity index is 488. The van der Waals surface area contributed by atoms with E-state index in [0.29, 0.717) is 6.10 Å². The molecule has 0 amide bonds. The first-order chi connectivity index (χ1) is 10.2. The Labute approximate surface area is 135 Å². The maximum Gasteiger partial charge on any atom is 0.120 e. The second-order valence-electron chi connectivity index (χ2n) is 6.15. The zero-order valence-electron chi connectivity index (χ0n) is 12.7. The van der Waals surface area contributed by atoms with Crippen molar-refractivity contribution < 1.29 is 9.47 Å². The van der Waals surface area contributed by atoms with Gasteiger partial charge in [0.2, 0.25) is 0 Å². The third kappa shape index (κ3) is 3.61. The zero-order valence-corrected chi connectivity index (χ0v) is 14.2. The van der Waals surface area contributed by atoms with Gasteiger partial charge in [-0.2, -0.15) is 0 Å². The lowest BCUT2D eigenvalue weighted by Gasteiger charge is -2.46. The SMILES string of the molecule is CCNCc1cc(OC2CCOC3(CCC3)C2)ccc1Br. The van der Waals surface area contributed by atoms with Crippen LogP contribution >= 0.6 is 15.9 Å². The summed E-state index contributed by atoms with van der Waals surface area (Å²) >= 11 is 3.61. The van der Waals surface area contributed by atoms with Crippen molar-refractivity contribution in [1.29, 1.82) is 0 Å². The highest BCUT2D eigenvalue weighted by Crippen LogP contribution is 2.43. The van der Waals surface area contributed by atoms with Crippen molar-refractivity contribution in [3.05, 3.63) is 28.2 Å². The highest BCUT2D eigenvalue weighted by atomic mass is 79.9. The third-order valence-electron chi connectivity index (χ3n) is 4.60. The molecule has 1 heterocycles. The van der Waals surface area contributed by atoms with Gasteiger partial charge in [0.25, 0.3) is 0 Å². The Balaban J connectivity index is 1.64. The van der Waals surface area contributed by atoms with Crippen LogP contribution in [-0.4, -0.2) is 24.9 Å². The van der Waals surface area contributed by atoms with Crippen molar-refractivity contribution in [2.24, 2.45) is 0 Å². The highest BCUT2D eigenvalue weighted by Gasteiger charge is 2.43. The lowest BCUT2D eigenvalue weighted by molar-refractivity contribution is -0.153. The normalized spacial score (nSPS) is 23.8. The van der Waals surface area contributed by atoms with Gasteiger partial charge in [0.1, 0.15) is 11.9 Å². The minimum Gasteiger partial charge on any atom is -0.490 e. The zero-order chi connectivity index (χ0) is 14.7. The Morgan fingerprint density at radius 3 is 3.00 bits per heavy atom. The molecule has 1 atom stereocenters. The van der Waals surface area contributed by atoms with E-state index >= 15 is 0 Å². The van der Waals surface area contributed by atoms with Crippen LogP contribution in [0, 0.1) is 0 Å². The van der Waals surface area contributed by atoms with E-state index in [4.69, 9.17) is 9.47 Å². The molecule has 21 heavy (non-hydrogen) atoms. The van der Waals surface area contributed by atoms with E-state index in [0.717, 1.165) is 42.8 Å². The quantitative estimate of drug-likeness (QED) is 0.866. The maximum atomic E-state index is 6.23. The van der Waals surface area contributed by atoms with Crippen molar-refractivity contribution in [2.75, 3.05) is 13.2 Å². The first kappa shape index (κ1) is 15.3. The summed E-state index contributed by atoms with van der Waals surface area (Å²) in [4.78, 5) is 0. The van der Waals surface area contributed by atoms with Crippen LogP contribution in [0.2, 0.25) is 0 Å². The highest BCUT2D eigenvalue weighted by molar-refractivity contribution is 9.10. The predicted octanol–water partition coefficient (Wildman–Crippen LogP) is 4.04. The molecular formula is C17H24BrNO2. The molecule has 4 heteroatoms. The summed E-state index contributed by atoms with van der Waals surface area (Å²) in [6.45, 7) is 4.80. The number of halogens is 1. The van der Waals surface area contributed by atoms with Gasteiger partial charge in [0.05, 0.1) is 12.2 Å². The van der Waals surface area contributed by atoms with E-state index in [-0.39, 0.29) is 5.60 Å². The maximum absolute atomic E-state index is 6.23. The van der Waals surface area contributed by atoms with E-state index in [2.05, 4.69) is 46.4 Å². The summed E-state index contributed by atoms with van der Waals surface area (Å²) in [5, 5.41) is 3.36. The van der Waals surface area contributed by atoms with E-state index in [1.54, 1.807) is 0 Å². The number of benzene rings is 1. The molecule has 1 aromatic carbocycles. The second kappa shape index (κ2) is 6.67. The molecule has 3 rings (SSSR count). The average molecular weight is 354 g/mol. The molecule has 0 aromatic heterocycles. The predicted molar refractivity (Wildman–Crippen MR) is 87.7 cm³/mol. The van der Waals surface area contributed by atoms with Crippen LogP contribution in [0.15, 0.2) is 22.7 Å². The van der Waals surface area contributed by atoms with Crippen LogP contribution < -0.4 is 10.1 Å². The lowest BCUT2D eigenvalue weighted by atomic mass is 9.74. The van der Waals surface area contributed by atoms with Crippen LogP contribution in [0.25, 0.3) is 0 Å². The molecule has 0 bridgehead atoms. The number of ether oxygens (including phenoxy) is 2. The fraction of sp³-hybridized carbons (Fsp3) is 0.647. The Hall–Kier alpha value is -0.580. The molecule has 1 spiro atoms. The van der Waals surface area contributed by atoms with E-state index in [9.17, 15) is 0 Å². The van der Waals surface area contributed by atoms with Gasteiger partial charge in [0.15, 0.2) is 0 Å². The van der Waals surface area contributed by atoms with Gasteiger partial charge in [-0.15, -0.1) is 0 Å². The third-order valence-corrected chi connectivity index (χ3v) is 5.37. The Morgan fingerprint density at radius 2 is 2.29 bits per heavy atom. The lowest BCUT2D eigenvalue weighted by Crippen LogP contribution is -2.48. The van der Waals surface area contributed by atoms with Crippen LogP contribution in [0.1, 0.15) is 44.6 Å². The first-order valence-electron chi connectivity index (χ1n) is 8.00. The van der Waals surface area contributed by atoms with Gasteiger partial charge in [-0.25, -0.2) is 0 Å². The number of hydrogen-bond acceptors (Lipinski definition) is 3. The minimum atomic E-state index is 0.144. The van der Waals surface area contributed by atoms with Crippen molar-refractivity contribution >= 4 is 15.9 Å². The van der Waals surface area contributed by atoms with E-state index in [1.807, 2.05) is 0 Å². The topological polar surface area (TPSA) is 30.5 Å². The molecule has 2 fully saturated rings. The molecule has 3 nitrogen and oxygen atoms in total. The van der Waals surface area contributed by atoms with Crippen molar-refractivity contribution in [3.8, 4) is 5.75 Å². The molecule has 1 saturated carbocycles. The molecule has 1 N–H and O–H groups in total. The Kier molecular flexibility index (Phi) is 4.87. The smallest absolute Gasteiger partial charge is 0.120 e. The van der Waals surface area contributed by atoms with Crippen LogP contribution in [0.5, 0.6) is 5.75 Å². The summed E-state index contributed by atoms with van der Waals surface area (Å²) in [5.41, 5.74) is 1.39. The summed E-state index contributed by atoms with van der Waals surface area (Å²) in [6, 6.07) is 6.29. The molecule has 0 radical (unpaired) electrons. The molecule has 1 aliphatic carbocycles. The number of nitrogens with one attached hydrogen (secondary N) is 1. The molecule has 116 valence electrons. The molecule has 1 aromatic rings. The van der Waals surface area contributed by atoms with Crippen molar-refractivity contribution in [2.45, 2.75) is 57.3 Å². The fourth-order valence-corrected chi connectivity index (χ4v) is 3.60. The Morgan fingerprint density at radius 1 is 1.43 bits per heavy atom. The van der Waals surface area contributed by atoms with Gasteiger partial charge in [-0.1, -0.05) is 22.9 Å². The average Bonchev–Trinajstić information content (AvgIpc) is 2.46. The standard InChI is InChI=1S/C17H24BrNO2/c1-2-19-12-13-10-14(4-5-16(13)18)21-15-6-9-20-17(11-15)7-3-8-17/h4-5,10,15,19H,2-3,6-9,11-12H2,1H3. The van der Waals surface area contributed by atoms with E-state index in [1.165, 1.54) is 24.8 Å². The molecule has 1 aliphatic heterocycles. The molecule has 1 saturated heterocycles. The van der Waals surface area contributed by atoms with Gasteiger partial charge in [0, 0.05) is 23.9 Å². The summed E-state index contributed by atoms with van der Waals surface area (Å²) in [6.07, 6.45) is 6.06. The van der Waals surface area contributed by atoms with Gasteiger partial charge in [-0.05, 0) is 49.6 Å². The van der Waals surface area contributed by atoms with Gasteiger partial charge >= 0.3 is 0 Å². The minimum absolute atomic E-state index is 0.144. The van der Waals surface area contributed by atoms with Crippen LogP contribution in [0.4, 0.5) is 0 Å². The first-order valence-corrected chi connectivity index (χ1v) is 8.80. The van der Waals surface area contributed by atoms with Crippen molar-refractivity contribution in [1.82, 2.24) is 5.32 Å². The van der Waals surface area contributed by atoms with Crippen LogP contribution in [-0.2, 0) is 11.3 Å². The summed E-state index contributed by atoms with van der Waals surface area (Å²) < 4.78 is 13.3. The second-order valence-corrected chi connectivity index (χ2v) is 7.01. The molecule has 1 unspecified atom stereocenters. The fourth-order valence-electron chi connectivity index (χ4n) is 3.21.